The Hall–Kier alpha value is -2.60. The molecule has 0 saturated carbocycles. The molecule has 0 radical (unpaired) electrons. The largest absolute Gasteiger partial charge is 0.391 e. The number of fused-ring (bicyclic) bond motifs is 1. The number of piperidine rings is 1. The second-order valence-corrected chi connectivity index (χ2v) is 7.30. The highest BCUT2D eigenvalue weighted by Gasteiger charge is 2.19. The maximum atomic E-state index is 9.89. The molecule has 1 aliphatic heterocycles. The summed E-state index contributed by atoms with van der Waals surface area (Å²) >= 11 is 0. The molecule has 3 N–H and O–H groups in total. The highest BCUT2D eigenvalue weighted by atomic mass is 16.3. The number of benzene rings is 1. The number of aromatic nitrogens is 3. The van der Waals surface area contributed by atoms with Crippen LogP contribution >= 0.6 is 0 Å². The number of hydrogen-bond acceptors (Lipinski definition) is 5. The molecule has 1 fully saturated rings. The van der Waals surface area contributed by atoms with Gasteiger partial charge >= 0.3 is 0 Å². The number of hydrogen-bond donors (Lipinski definition) is 3. The summed E-state index contributed by atoms with van der Waals surface area (Å²) in [5.74, 6) is 1.49. The molecule has 0 aliphatic carbocycles. The summed E-state index contributed by atoms with van der Waals surface area (Å²) in [4.78, 5) is 14.6. The van der Waals surface area contributed by atoms with Gasteiger partial charge in [0.1, 0.15) is 5.82 Å². The van der Waals surface area contributed by atoms with Crippen LogP contribution < -0.4 is 10.2 Å². The molecule has 1 saturated heterocycles. The number of anilines is 2. The smallest absolute Gasteiger partial charge is 0.224 e. The molecule has 6 nitrogen and oxygen atoms in total. The Balaban J connectivity index is 1.48. The van der Waals surface area contributed by atoms with E-state index in [1.54, 1.807) is 6.20 Å². The van der Waals surface area contributed by atoms with Crippen LogP contribution in [-0.2, 0) is 13.0 Å². The number of aromatic amines is 1. The van der Waals surface area contributed by atoms with Crippen LogP contribution in [0, 0.1) is 6.92 Å². The van der Waals surface area contributed by atoms with Gasteiger partial charge < -0.3 is 20.3 Å². The van der Waals surface area contributed by atoms with Gasteiger partial charge in [0.25, 0.3) is 0 Å². The summed E-state index contributed by atoms with van der Waals surface area (Å²) in [6, 6.07) is 8.42. The summed E-state index contributed by atoms with van der Waals surface area (Å²) < 4.78 is 0. The minimum Gasteiger partial charge on any atom is -0.391 e. The van der Waals surface area contributed by atoms with Crippen molar-refractivity contribution in [2.24, 2.45) is 0 Å². The fourth-order valence-electron chi connectivity index (χ4n) is 3.85. The van der Waals surface area contributed by atoms with Crippen LogP contribution in [0.5, 0.6) is 0 Å². The summed E-state index contributed by atoms with van der Waals surface area (Å²) in [5.41, 5.74) is 5.02. The number of aryl methyl sites for hydroxylation is 2. The van der Waals surface area contributed by atoms with Gasteiger partial charge in [0.2, 0.25) is 5.95 Å². The van der Waals surface area contributed by atoms with Crippen LogP contribution in [0.2, 0.25) is 0 Å². The molecule has 0 amide bonds. The molecule has 1 aromatic carbocycles. The molecular formula is C21H27N5O. The number of H-pyrrole nitrogens is 1. The Morgan fingerprint density at radius 2 is 2.22 bits per heavy atom. The standard InChI is InChI=1S/C21H27N5O/c1-3-18-14(2)17-11-15(6-7-19(17)24-18)12-23-21-22-9-8-20(25-21)26-10-4-5-16(27)13-26/h6-9,11,16,24,27H,3-5,10,12-13H2,1-2H3,(H,22,23,25)/t16-/m1/s1. The first-order valence-electron chi connectivity index (χ1n) is 9.74. The molecule has 142 valence electrons. The Bertz CT molecular complexity index is 935. The monoisotopic (exact) mass is 365 g/mol. The van der Waals surface area contributed by atoms with E-state index in [4.69, 9.17) is 0 Å². The fraction of sp³-hybridized carbons (Fsp3) is 0.429. The molecule has 2 aromatic heterocycles. The van der Waals surface area contributed by atoms with Crippen LogP contribution in [0.3, 0.4) is 0 Å². The SMILES string of the molecule is CCc1[nH]c2ccc(CNc3nccc(N4CCC[C@@H](O)C4)n3)cc2c1C. The number of aliphatic hydroxyl groups is 1. The third-order valence-corrected chi connectivity index (χ3v) is 5.39. The maximum absolute atomic E-state index is 9.89. The summed E-state index contributed by atoms with van der Waals surface area (Å²) in [5, 5.41) is 14.5. The highest BCUT2D eigenvalue weighted by molar-refractivity contribution is 5.85. The number of nitrogens with one attached hydrogen (secondary N) is 2. The van der Waals surface area contributed by atoms with Gasteiger partial charge in [0.05, 0.1) is 6.10 Å². The molecule has 3 aromatic rings. The molecule has 0 bridgehead atoms. The van der Waals surface area contributed by atoms with Crippen molar-refractivity contribution in [2.75, 3.05) is 23.3 Å². The third kappa shape index (κ3) is 3.76. The topological polar surface area (TPSA) is 77.1 Å². The van der Waals surface area contributed by atoms with E-state index in [2.05, 4.69) is 57.2 Å². The predicted molar refractivity (Wildman–Crippen MR) is 109 cm³/mol. The van der Waals surface area contributed by atoms with Crippen LogP contribution in [0.15, 0.2) is 30.5 Å². The number of nitrogens with zero attached hydrogens (tertiary/aromatic N) is 3. The molecule has 0 unspecified atom stereocenters. The van der Waals surface area contributed by atoms with E-state index in [9.17, 15) is 5.11 Å². The van der Waals surface area contributed by atoms with E-state index >= 15 is 0 Å². The lowest BCUT2D eigenvalue weighted by Gasteiger charge is -2.31. The van der Waals surface area contributed by atoms with E-state index in [1.807, 2.05) is 6.07 Å². The number of aliphatic hydroxyl groups excluding tert-OH is 1. The van der Waals surface area contributed by atoms with Crippen molar-refractivity contribution >= 4 is 22.7 Å². The maximum Gasteiger partial charge on any atom is 0.224 e. The Kier molecular flexibility index (Phi) is 4.99. The highest BCUT2D eigenvalue weighted by Crippen LogP contribution is 2.24. The second kappa shape index (κ2) is 7.56. The minimum absolute atomic E-state index is 0.269. The molecule has 1 atom stereocenters. The van der Waals surface area contributed by atoms with Crippen molar-refractivity contribution in [3.63, 3.8) is 0 Å². The average molecular weight is 365 g/mol. The lowest BCUT2D eigenvalue weighted by Crippen LogP contribution is -2.38. The zero-order chi connectivity index (χ0) is 18.8. The van der Waals surface area contributed by atoms with Gasteiger partial charge in [0.15, 0.2) is 0 Å². The van der Waals surface area contributed by atoms with Crippen molar-refractivity contribution in [2.45, 2.75) is 45.8 Å². The third-order valence-electron chi connectivity index (χ3n) is 5.39. The van der Waals surface area contributed by atoms with Crippen molar-refractivity contribution in [1.29, 1.82) is 0 Å². The van der Waals surface area contributed by atoms with Gasteiger partial charge in [-0.25, -0.2) is 4.98 Å². The van der Waals surface area contributed by atoms with Gasteiger partial charge in [-0.3, -0.25) is 0 Å². The first kappa shape index (κ1) is 17.8. The summed E-state index contributed by atoms with van der Waals surface area (Å²) in [7, 11) is 0. The molecule has 1 aliphatic rings. The molecule has 3 heterocycles. The average Bonchev–Trinajstić information content (AvgIpc) is 3.02. The minimum atomic E-state index is -0.269. The lowest BCUT2D eigenvalue weighted by molar-refractivity contribution is 0.154. The molecule has 0 spiro atoms. The van der Waals surface area contributed by atoms with Crippen LogP contribution in [0.1, 0.15) is 36.6 Å². The zero-order valence-electron chi connectivity index (χ0n) is 16.0. The van der Waals surface area contributed by atoms with E-state index in [-0.39, 0.29) is 6.10 Å². The van der Waals surface area contributed by atoms with Gasteiger partial charge in [0, 0.05) is 42.4 Å². The second-order valence-electron chi connectivity index (χ2n) is 7.30. The quantitative estimate of drug-likeness (QED) is 0.646. The van der Waals surface area contributed by atoms with Gasteiger partial charge in [-0.05, 0) is 55.5 Å². The van der Waals surface area contributed by atoms with E-state index < -0.39 is 0 Å². The van der Waals surface area contributed by atoms with Crippen LogP contribution in [-0.4, -0.2) is 39.3 Å². The predicted octanol–water partition coefficient (Wildman–Crippen LogP) is 3.40. The van der Waals surface area contributed by atoms with Crippen molar-refractivity contribution in [3.05, 3.63) is 47.3 Å². The number of β-amino-alcohol motifs (C(OH)–C–C–N with tert-alkyl or cyclic N) is 1. The molecule has 27 heavy (non-hydrogen) atoms. The Morgan fingerprint density at radius 1 is 1.33 bits per heavy atom. The van der Waals surface area contributed by atoms with Gasteiger partial charge in [-0.15, -0.1) is 0 Å². The lowest BCUT2D eigenvalue weighted by atomic mass is 10.1. The zero-order valence-corrected chi connectivity index (χ0v) is 16.0. The molecular weight excluding hydrogens is 338 g/mol. The van der Waals surface area contributed by atoms with Gasteiger partial charge in [-0.1, -0.05) is 13.0 Å². The van der Waals surface area contributed by atoms with Crippen LogP contribution in [0.4, 0.5) is 11.8 Å². The summed E-state index contributed by atoms with van der Waals surface area (Å²) in [6.07, 6.45) is 4.38. The normalized spacial score (nSPS) is 17.4. The van der Waals surface area contributed by atoms with E-state index in [1.165, 1.54) is 27.7 Å². The van der Waals surface area contributed by atoms with E-state index in [0.29, 0.717) is 19.0 Å². The molecule has 6 heteroatoms. The first-order valence-corrected chi connectivity index (χ1v) is 9.74. The number of rotatable bonds is 5. The van der Waals surface area contributed by atoms with Crippen molar-refractivity contribution < 1.29 is 5.11 Å². The van der Waals surface area contributed by atoms with Crippen molar-refractivity contribution in [3.8, 4) is 0 Å². The summed E-state index contributed by atoms with van der Waals surface area (Å²) in [6.45, 7) is 6.59. The Morgan fingerprint density at radius 3 is 3.04 bits per heavy atom. The van der Waals surface area contributed by atoms with E-state index in [0.717, 1.165) is 31.6 Å². The fourth-order valence-corrected chi connectivity index (χ4v) is 3.85. The van der Waals surface area contributed by atoms with Crippen LogP contribution in [0.25, 0.3) is 10.9 Å². The molecule has 4 rings (SSSR count). The van der Waals surface area contributed by atoms with Crippen molar-refractivity contribution in [1.82, 2.24) is 15.0 Å². The van der Waals surface area contributed by atoms with Gasteiger partial charge in [-0.2, -0.15) is 4.98 Å². The Labute approximate surface area is 159 Å². The first-order chi connectivity index (χ1) is 13.1.